The van der Waals surface area contributed by atoms with Crippen LogP contribution in [-0.4, -0.2) is 40.4 Å². The Morgan fingerprint density at radius 2 is 1.94 bits per heavy atom. The van der Waals surface area contributed by atoms with Gasteiger partial charge in [0.1, 0.15) is 10.6 Å². The first-order valence-corrected chi connectivity index (χ1v) is 12.3. The van der Waals surface area contributed by atoms with Gasteiger partial charge in [-0.3, -0.25) is 14.1 Å². The van der Waals surface area contributed by atoms with Gasteiger partial charge in [0.15, 0.2) is 5.75 Å². The van der Waals surface area contributed by atoms with Gasteiger partial charge in [0, 0.05) is 22.3 Å². The number of sulfonamides is 1. The van der Waals surface area contributed by atoms with Gasteiger partial charge in [0.05, 0.1) is 23.0 Å². The van der Waals surface area contributed by atoms with Gasteiger partial charge in [-0.05, 0) is 35.7 Å². The molecule has 0 atom stereocenters. The van der Waals surface area contributed by atoms with E-state index in [9.17, 15) is 28.2 Å². The second-order valence-corrected chi connectivity index (χ2v) is 10.4. The van der Waals surface area contributed by atoms with Crippen LogP contribution in [0.1, 0.15) is 15.2 Å². The number of aromatic hydroxyl groups is 1. The van der Waals surface area contributed by atoms with Gasteiger partial charge in [-0.2, -0.15) is 0 Å². The molecule has 0 aliphatic carbocycles. The van der Waals surface area contributed by atoms with E-state index in [-0.39, 0.29) is 12.1 Å². The molecule has 0 fully saturated rings. The zero-order valence-corrected chi connectivity index (χ0v) is 18.3. The second kappa shape index (κ2) is 7.80. The van der Waals surface area contributed by atoms with Crippen LogP contribution >= 0.6 is 22.7 Å². The third-order valence-corrected chi connectivity index (χ3v) is 6.92. The van der Waals surface area contributed by atoms with Crippen molar-refractivity contribution in [1.29, 1.82) is 0 Å². The molecule has 1 aromatic carbocycles. The molecule has 0 saturated heterocycles. The maximum absolute atomic E-state index is 12.6. The number of carboxylic acid groups (broad SMARTS) is 1. The summed E-state index contributed by atoms with van der Waals surface area (Å²) in [4.78, 5) is 29.2. The van der Waals surface area contributed by atoms with Crippen LogP contribution in [0.2, 0.25) is 0 Å². The van der Waals surface area contributed by atoms with Gasteiger partial charge in [-0.15, -0.1) is 22.7 Å². The molecule has 9 nitrogen and oxygen atoms in total. The molecule has 0 bridgehead atoms. The summed E-state index contributed by atoms with van der Waals surface area (Å²) in [7, 11) is -3.37. The fraction of sp³-hybridized carbons (Fsp3) is 0.105. The lowest BCUT2D eigenvalue weighted by atomic mass is 10.2. The highest BCUT2D eigenvalue weighted by atomic mass is 32.2. The summed E-state index contributed by atoms with van der Waals surface area (Å²) in [5, 5.41) is 21.8. The number of hydrogen-bond donors (Lipinski definition) is 3. The van der Waals surface area contributed by atoms with Crippen molar-refractivity contribution in [3.05, 3.63) is 62.7 Å². The summed E-state index contributed by atoms with van der Waals surface area (Å²) in [6.07, 6.45) is 2.68. The van der Waals surface area contributed by atoms with Crippen LogP contribution in [0.15, 0.2) is 46.7 Å². The van der Waals surface area contributed by atoms with Gasteiger partial charge >= 0.3 is 5.97 Å². The van der Waals surface area contributed by atoms with Gasteiger partial charge in [0.2, 0.25) is 10.0 Å². The number of pyridine rings is 1. The normalized spacial score (nSPS) is 11.6. The average Bonchev–Trinajstić information content (AvgIpc) is 3.34. The van der Waals surface area contributed by atoms with E-state index in [0.29, 0.717) is 20.9 Å². The van der Waals surface area contributed by atoms with E-state index in [1.807, 2.05) is 0 Å². The minimum atomic E-state index is -3.37. The number of aromatic nitrogens is 2. The maximum atomic E-state index is 12.6. The smallest absolute Gasteiger partial charge is 0.341 e. The fourth-order valence-electron chi connectivity index (χ4n) is 3.07. The standard InChI is InChI=1S/C19H15N3O6S3/c1-31(27,28)21-11-4-2-10(3-5-11)17-20-8-12(30-17)9-22-13-6-7-29-16(13)14(19(25)26)15(23)18(22)24/h2-8,21,23H,9H2,1H3,(H,25,26). The molecule has 0 radical (unpaired) electrons. The molecule has 0 spiro atoms. The third kappa shape index (κ3) is 4.17. The molecule has 0 aliphatic rings. The summed E-state index contributed by atoms with van der Waals surface area (Å²) >= 11 is 2.47. The van der Waals surface area contributed by atoms with Crippen LogP contribution in [-0.2, 0) is 16.6 Å². The van der Waals surface area contributed by atoms with Crippen molar-refractivity contribution in [1.82, 2.24) is 9.55 Å². The highest BCUT2D eigenvalue weighted by Crippen LogP contribution is 2.31. The number of hydrogen-bond acceptors (Lipinski definition) is 8. The predicted octanol–water partition coefficient (Wildman–Crippen LogP) is 3.01. The van der Waals surface area contributed by atoms with Crippen LogP contribution in [0.5, 0.6) is 5.75 Å². The number of thiazole rings is 1. The molecule has 0 saturated carbocycles. The second-order valence-electron chi connectivity index (χ2n) is 6.64. The highest BCUT2D eigenvalue weighted by molar-refractivity contribution is 7.92. The molecular formula is C19H15N3O6S3. The van der Waals surface area contributed by atoms with Crippen molar-refractivity contribution in [2.24, 2.45) is 0 Å². The Hall–Kier alpha value is -3.22. The molecule has 3 heterocycles. The van der Waals surface area contributed by atoms with E-state index in [1.54, 1.807) is 41.9 Å². The average molecular weight is 478 g/mol. The molecular weight excluding hydrogens is 462 g/mol. The van der Waals surface area contributed by atoms with Crippen LogP contribution in [0.3, 0.4) is 0 Å². The lowest BCUT2D eigenvalue weighted by Gasteiger charge is -2.09. The van der Waals surface area contributed by atoms with E-state index < -0.39 is 27.3 Å². The van der Waals surface area contributed by atoms with E-state index in [0.717, 1.165) is 28.0 Å². The summed E-state index contributed by atoms with van der Waals surface area (Å²) in [6.45, 7) is 0.116. The van der Waals surface area contributed by atoms with E-state index in [1.165, 1.54) is 15.9 Å². The van der Waals surface area contributed by atoms with Crippen LogP contribution in [0.4, 0.5) is 5.69 Å². The third-order valence-electron chi connectivity index (χ3n) is 4.36. The van der Waals surface area contributed by atoms with E-state index in [4.69, 9.17) is 0 Å². The summed E-state index contributed by atoms with van der Waals surface area (Å²) in [5.41, 5.74) is 0.459. The Morgan fingerprint density at radius 3 is 2.58 bits per heavy atom. The molecule has 0 aliphatic heterocycles. The number of fused-ring (bicyclic) bond motifs is 1. The lowest BCUT2D eigenvalue weighted by molar-refractivity contribution is 0.0695. The topological polar surface area (TPSA) is 139 Å². The van der Waals surface area contributed by atoms with Gasteiger partial charge in [0.25, 0.3) is 5.56 Å². The fourth-order valence-corrected chi connectivity index (χ4v) is 5.48. The molecule has 3 aromatic heterocycles. The first-order valence-electron chi connectivity index (χ1n) is 8.73. The lowest BCUT2D eigenvalue weighted by Crippen LogP contribution is -2.22. The van der Waals surface area contributed by atoms with Crippen LogP contribution in [0.25, 0.3) is 20.8 Å². The Bertz CT molecular complexity index is 1470. The Labute approximate surface area is 183 Å². The van der Waals surface area contributed by atoms with E-state index >= 15 is 0 Å². The molecule has 3 N–H and O–H groups in total. The van der Waals surface area contributed by atoms with Crippen LogP contribution in [0, 0.1) is 0 Å². The molecule has 31 heavy (non-hydrogen) atoms. The number of aromatic carboxylic acids is 1. The van der Waals surface area contributed by atoms with Crippen molar-refractivity contribution >= 4 is 54.6 Å². The highest BCUT2D eigenvalue weighted by Gasteiger charge is 2.22. The minimum absolute atomic E-state index is 0.116. The first kappa shape index (κ1) is 21.0. The SMILES string of the molecule is CS(=O)(=O)Nc1ccc(-c2ncc(Cn3c(=O)c(O)c(C(=O)O)c4sccc43)s2)cc1. The van der Waals surface area contributed by atoms with Crippen molar-refractivity contribution < 1.29 is 23.4 Å². The largest absolute Gasteiger partial charge is 0.502 e. The quantitative estimate of drug-likeness (QED) is 0.388. The Morgan fingerprint density at radius 1 is 1.23 bits per heavy atom. The maximum Gasteiger partial charge on any atom is 0.341 e. The summed E-state index contributed by atoms with van der Waals surface area (Å²) in [5.74, 6) is -2.15. The number of nitrogens with one attached hydrogen (secondary N) is 1. The molecule has 4 aromatic rings. The molecule has 0 amide bonds. The number of carboxylic acids is 1. The zero-order valence-electron chi connectivity index (χ0n) is 15.9. The van der Waals surface area contributed by atoms with Gasteiger partial charge < -0.3 is 10.2 Å². The van der Waals surface area contributed by atoms with Crippen molar-refractivity contribution in [3.8, 4) is 16.3 Å². The zero-order chi connectivity index (χ0) is 22.3. The predicted molar refractivity (Wildman–Crippen MR) is 120 cm³/mol. The van der Waals surface area contributed by atoms with Crippen LogP contribution < -0.4 is 10.3 Å². The summed E-state index contributed by atoms with van der Waals surface area (Å²) < 4.78 is 26.7. The molecule has 0 unspecified atom stereocenters. The first-order chi connectivity index (χ1) is 14.6. The van der Waals surface area contributed by atoms with Crippen molar-refractivity contribution in [2.45, 2.75) is 6.54 Å². The Kier molecular flexibility index (Phi) is 5.29. The molecule has 160 valence electrons. The van der Waals surface area contributed by atoms with Crippen molar-refractivity contribution in [2.75, 3.05) is 11.0 Å². The van der Waals surface area contributed by atoms with Gasteiger partial charge in [-0.25, -0.2) is 18.2 Å². The summed E-state index contributed by atoms with van der Waals surface area (Å²) in [6, 6.07) is 8.35. The van der Waals surface area contributed by atoms with E-state index in [2.05, 4.69) is 9.71 Å². The number of thiophene rings is 1. The number of anilines is 1. The monoisotopic (exact) mass is 477 g/mol. The number of carbonyl (C=O) groups is 1. The van der Waals surface area contributed by atoms with Crippen molar-refractivity contribution in [3.63, 3.8) is 0 Å². The minimum Gasteiger partial charge on any atom is -0.502 e. The Balaban J connectivity index is 1.66. The van der Waals surface area contributed by atoms with Gasteiger partial charge in [-0.1, -0.05) is 0 Å². The molecule has 12 heteroatoms. The number of rotatable bonds is 6. The number of nitrogens with zero attached hydrogens (tertiary/aromatic N) is 2. The molecule has 4 rings (SSSR count). The number of benzene rings is 1.